The maximum absolute atomic E-state index is 12.3. The zero-order chi connectivity index (χ0) is 9.30. The molecule has 0 aliphatic carbocycles. The van der Waals surface area contributed by atoms with E-state index in [-0.39, 0.29) is 5.56 Å². The molecule has 0 spiro atoms. The largest absolute Gasteiger partial charge is 0.263 e. The number of alkyl halides is 2. The predicted octanol–water partition coefficient (Wildman–Crippen LogP) is 3.55. The molecule has 0 aliphatic rings. The van der Waals surface area contributed by atoms with Gasteiger partial charge in [0.05, 0.1) is 0 Å². The molecule has 0 fully saturated rings. The van der Waals surface area contributed by atoms with Crippen molar-refractivity contribution in [2.24, 2.45) is 0 Å². The van der Waals surface area contributed by atoms with Gasteiger partial charge in [0.1, 0.15) is 0 Å². The van der Waals surface area contributed by atoms with Gasteiger partial charge in [0.15, 0.2) is 0 Å². The summed E-state index contributed by atoms with van der Waals surface area (Å²) in [6, 6.07) is 3.10. The van der Waals surface area contributed by atoms with Crippen molar-refractivity contribution in [3.63, 3.8) is 0 Å². The Morgan fingerprint density at radius 2 is 1.42 bits per heavy atom. The Bertz CT molecular complexity index is 267. The summed E-state index contributed by atoms with van der Waals surface area (Å²) in [5, 5.41) is 0. The molecule has 0 saturated carbocycles. The molecule has 0 atom stereocenters. The Kier molecular flexibility index (Phi) is 2.46. The highest BCUT2D eigenvalue weighted by molar-refractivity contribution is 5.37. The molecule has 12 heavy (non-hydrogen) atoms. The lowest BCUT2D eigenvalue weighted by atomic mass is 10.0. The van der Waals surface area contributed by atoms with Crippen molar-refractivity contribution >= 4 is 0 Å². The zero-order valence-electron chi connectivity index (χ0n) is 7.49. The Labute approximate surface area is 71.2 Å². The van der Waals surface area contributed by atoms with Gasteiger partial charge in [-0.3, -0.25) is 0 Å². The molecule has 66 valence electrons. The fourth-order valence-electron chi connectivity index (χ4n) is 1.20. The van der Waals surface area contributed by atoms with Crippen molar-refractivity contribution in [3.05, 3.63) is 34.4 Å². The van der Waals surface area contributed by atoms with E-state index in [9.17, 15) is 8.78 Å². The maximum Gasteiger partial charge on any atom is 0.263 e. The fraction of sp³-hybridized carbons (Fsp3) is 0.400. The molecule has 1 aromatic rings. The van der Waals surface area contributed by atoms with Gasteiger partial charge in [0.2, 0.25) is 0 Å². The maximum atomic E-state index is 12.3. The van der Waals surface area contributed by atoms with Crippen LogP contribution in [-0.4, -0.2) is 0 Å². The van der Waals surface area contributed by atoms with Gasteiger partial charge in [-0.15, -0.1) is 0 Å². The van der Waals surface area contributed by atoms with Gasteiger partial charge in [-0.05, 0) is 37.5 Å². The standard InChI is InChI=1S/C10H12F2/c1-6-4-9(10(11)12)5-7(2)8(6)3/h4-5,10H,1-3H3. The molecule has 0 saturated heterocycles. The Morgan fingerprint density at radius 1 is 1.00 bits per heavy atom. The molecule has 0 bridgehead atoms. The summed E-state index contributed by atoms with van der Waals surface area (Å²) in [7, 11) is 0. The summed E-state index contributed by atoms with van der Waals surface area (Å²) >= 11 is 0. The van der Waals surface area contributed by atoms with Crippen LogP contribution in [0.1, 0.15) is 28.7 Å². The van der Waals surface area contributed by atoms with Crippen LogP contribution in [0.5, 0.6) is 0 Å². The predicted molar refractivity (Wildman–Crippen MR) is 45.6 cm³/mol. The van der Waals surface area contributed by atoms with Crippen molar-refractivity contribution in [2.45, 2.75) is 27.2 Å². The van der Waals surface area contributed by atoms with Gasteiger partial charge >= 0.3 is 0 Å². The summed E-state index contributed by atoms with van der Waals surface area (Å²) in [4.78, 5) is 0. The van der Waals surface area contributed by atoms with Crippen LogP contribution in [0.4, 0.5) is 8.78 Å². The van der Waals surface area contributed by atoms with Gasteiger partial charge in [-0.25, -0.2) is 8.78 Å². The van der Waals surface area contributed by atoms with Gasteiger partial charge < -0.3 is 0 Å². The average Bonchev–Trinajstić information content (AvgIpc) is 1.99. The van der Waals surface area contributed by atoms with Crippen LogP contribution in [0.3, 0.4) is 0 Å². The van der Waals surface area contributed by atoms with Crippen LogP contribution in [0, 0.1) is 20.8 Å². The Morgan fingerprint density at radius 3 is 1.75 bits per heavy atom. The Balaban J connectivity index is 3.21. The second-order valence-corrected chi connectivity index (χ2v) is 3.08. The van der Waals surface area contributed by atoms with Crippen LogP contribution < -0.4 is 0 Å². The highest BCUT2D eigenvalue weighted by atomic mass is 19.3. The van der Waals surface area contributed by atoms with Crippen molar-refractivity contribution in [2.75, 3.05) is 0 Å². The number of benzene rings is 1. The topological polar surface area (TPSA) is 0 Å². The number of hydrogen-bond donors (Lipinski definition) is 0. The molecular formula is C10H12F2. The second kappa shape index (κ2) is 3.21. The van der Waals surface area contributed by atoms with E-state index in [1.54, 1.807) is 12.1 Å². The molecule has 0 unspecified atom stereocenters. The third-order valence-corrected chi connectivity index (χ3v) is 2.20. The minimum absolute atomic E-state index is 0.121. The van der Waals surface area contributed by atoms with E-state index in [0.717, 1.165) is 16.7 Å². The lowest BCUT2D eigenvalue weighted by Gasteiger charge is -2.07. The molecule has 1 rings (SSSR count). The lowest BCUT2D eigenvalue weighted by molar-refractivity contribution is 0.151. The van der Waals surface area contributed by atoms with E-state index in [1.165, 1.54) is 0 Å². The third kappa shape index (κ3) is 1.63. The van der Waals surface area contributed by atoms with E-state index in [0.29, 0.717) is 0 Å². The van der Waals surface area contributed by atoms with Gasteiger partial charge in [-0.1, -0.05) is 12.1 Å². The lowest BCUT2D eigenvalue weighted by Crippen LogP contribution is -1.91. The monoisotopic (exact) mass is 170 g/mol. The number of hydrogen-bond acceptors (Lipinski definition) is 0. The molecule has 0 nitrogen and oxygen atoms in total. The van der Waals surface area contributed by atoms with Crippen LogP contribution >= 0.6 is 0 Å². The molecular weight excluding hydrogens is 158 g/mol. The smallest absolute Gasteiger partial charge is 0.205 e. The highest BCUT2D eigenvalue weighted by Gasteiger charge is 2.09. The molecule has 0 N–H and O–H groups in total. The van der Waals surface area contributed by atoms with Crippen molar-refractivity contribution < 1.29 is 8.78 Å². The third-order valence-electron chi connectivity index (χ3n) is 2.20. The first-order chi connectivity index (χ1) is 5.52. The first-order valence-electron chi connectivity index (χ1n) is 3.88. The summed E-state index contributed by atoms with van der Waals surface area (Å²) < 4.78 is 24.5. The summed E-state index contributed by atoms with van der Waals surface area (Å²) in [6.45, 7) is 5.66. The van der Waals surface area contributed by atoms with Crippen molar-refractivity contribution in [3.8, 4) is 0 Å². The van der Waals surface area contributed by atoms with Gasteiger partial charge in [-0.2, -0.15) is 0 Å². The number of rotatable bonds is 1. The van der Waals surface area contributed by atoms with Crippen LogP contribution in [-0.2, 0) is 0 Å². The van der Waals surface area contributed by atoms with Gasteiger partial charge in [0, 0.05) is 5.56 Å². The first kappa shape index (κ1) is 9.17. The molecule has 0 aliphatic heterocycles. The number of halogens is 2. The van der Waals surface area contributed by atoms with E-state index < -0.39 is 6.43 Å². The molecule has 0 aromatic heterocycles. The van der Waals surface area contributed by atoms with Crippen LogP contribution in [0.25, 0.3) is 0 Å². The number of aryl methyl sites for hydroxylation is 2. The highest BCUT2D eigenvalue weighted by Crippen LogP contribution is 2.23. The molecule has 0 amide bonds. The van der Waals surface area contributed by atoms with Crippen molar-refractivity contribution in [1.29, 1.82) is 0 Å². The molecule has 0 radical (unpaired) electrons. The second-order valence-electron chi connectivity index (χ2n) is 3.08. The van der Waals surface area contributed by atoms with Crippen LogP contribution in [0.2, 0.25) is 0 Å². The first-order valence-corrected chi connectivity index (χ1v) is 3.88. The molecule has 0 heterocycles. The zero-order valence-corrected chi connectivity index (χ0v) is 7.49. The SMILES string of the molecule is Cc1cc(C(F)F)cc(C)c1C. The fourth-order valence-corrected chi connectivity index (χ4v) is 1.20. The molecule has 2 heteroatoms. The van der Waals surface area contributed by atoms with Crippen LogP contribution in [0.15, 0.2) is 12.1 Å². The minimum atomic E-state index is -2.36. The van der Waals surface area contributed by atoms with E-state index in [4.69, 9.17) is 0 Å². The van der Waals surface area contributed by atoms with E-state index in [1.807, 2.05) is 20.8 Å². The van der Waals surface area contributed by atoms with E-state index in [2.05, 4.69) is 0 Å². The molecule has 1 aromatic carbocycles. The average molecular weight is 170 g/mol. The van der Waals surface area contributed by atoms with E-state index >= 15 is 0 Å². The summed E-state index contributed by atoms with van der Waals surface area (Å²) in [5.41, 5.74) is 3.09. The Hall–Kier alpha value is -0.920. The minimum Gasteiger partial charge on any atom is -0.205 e. The quantitative estimate of drug-likeness (QED) is 0.604. The van der Waals surface area contributed by atoms with Crippen molar-refractivity contribution in [1.82, 2.24) is 0 Å². The summed E-state index contributed by atoms with van der Waals surface area (Å²) in [5.74, 6) is 0. The normalized spacial score (nSPS) is 10.8. The summed E-state index contributed by atoms with van der Waals surface area (Å²) in [6.07, 6.45) is -2.36. The van der Waals surface area contributed by atoms with Gasteiger partial charge in [0.25, 0.3) is 6.43 Å².